The van der Waals surface area contributed by atoms with Crippen LogP contribution in [0, 0.1) is 0 Å². The summed E-state index contributed by atoms with van der Waals surface area (Å²) in [5.41, 5.74) is 2.11. The van der Waals surface area contributed by atoms with E-state index in [0.29, 0.717) is 30.1 Å². The van der Waals surface area contributed by atoms with Crippen molar-refractivity contribution in [3.8, 4) is 5.75 Å². The molecule has 0 saturated carbocycles. The lowest BCUT2D eigenvalue weighted by molar-refractivity contribution is -0.133. The zero-order valence-corrected chi connectivity index (χ0v) is 18.1. The third-order valence-electron chi connectivity index (χ3n) is 5.52. The van der Waals surface area contributed by atoms with Crippen molar-refractivity contribution in [1.82, 2.24) is 4.90 Å². The van der Waals surface area contributed by atoms with Crippen molar-refractivity contribution in [2.45, 2.75) is 31.8 Å². The van der Waals surface area contributed by atoms with Gasteiger partial charge in [0.05, 0.1) is 6.04 Å². The van der Waals surface area contributed by atoms with Crippen LogP contribution >= 0.6 is 0 Å². The molecule has 0 radical (unpaired) electrons. The Bertz CT molecular complexity index is 1060. The van der Waals surface area contributed by atoms with E-state index in [1.54, 1.807) is 60.7 Å². The zero-order chi connectivity index (χ0) is 23.0. The van der Waals surface area contributed by atoms with Crippen LogP contribution in [0.2, 0.25) is 0 Å². The second-order valence-corrected chi connectivity index (χ2v) is 7.90. The van der Waals surface area contributed by atoms with Crippen molar-refractivity contribution in [1.29, 1.82) is 0 Å². The molecule has 3 aromatic carbocycles. The first-order chi connectivity index (χ1) is 16.1. The van der Waals surface area contributed by atoms with Crippen LogP contribution in [0.5, 0.6) is 5.75 Å². The fourth-order valence-corrected chi connectivity index (χ4v) is 3.90. The summed E-state index contributed by atoms with van der Waals surface area (Å²) < 4.78 is 20.2. The lowest BCUT2D eigenvalue weighted by atomic mass is 10.0. The van der Waals surface area contributed by atoms with Crippen molar-refractivity contribution in [2.75, 3.05) is 17.2 Å². The van der Waals surface area contributed by atoms with E-state index < -0.39 is 12.5 Å². The van der Waals surface area contributed by atoms with Gasteiger partial charge in [-0.05, 0) is 54.8 Å². The van der Waals surface area contributed by atoms with E-state index in [9.17, 15) is 14.0 Å². The van der Waals surface area contributed by atoms with Gasteiger partial charge in [-0.3, -0.25) is 4.79 Å². The minimum atomic E-state index is -1.67. The van der Waals surface area contributed by atoms with Crippen LogP contribution in [0.1, 0.15) is 18.4 Å². The Morgan fingerprint density at radius 2 is 1.52 bits per heavy atom. The summed E-state index contributed by atoms with van der Waals surface area (Å²) in [6, 6.07) is 24.1. The van der Waals surface area contributed by atoms with Crippen LogP contribution < -0.4 is 15.4 Å². The van der Waals surface area contributed by atoms with Crippen LogP contribution in [0.3, 0.4) is 0 Å². The summed E-state index contributed by atoms with van der Waals surface area (Å²) in [5, 5.41) is 5.51. The number of hydrogen-bond donors (Lipinski definition) is 2. The number of carbonyl (C=O) groups excluding carboxylic acids is 2. The number of ketones is 1. The molecule has 1 aliphatic heterocycles. The molecule has 0 spiro atoms. The number of urea groups is 1. The average Bonchev–Trinajstić information content (AvgIpc) is 3.32. The maximum absolute atomic E-state index is 14.8. The number of anilines is 2. The standard InChI is InChI=1S/C26H26FN3O3/c27-25(33-22-10-5-2-6-11-22)30-17-7-12-23(30)24(31)18-19-13-15-21(16-14-19)29-26(32)28-20-8-3-1-4-9-20/h1-6,8-11,13-16,23,25H,7,12,17-18H2,(H2,28,29,32)/t23-,25-/m0/s1. The molecule has 0 aromatic heterocycles. The topological polar surface area (TPSA) is 70.7 Å². The molecule has 4 rings (SSSR count). The second kappa shape index (κ2) is 10.7. The molecule has 1 fully saturated rings. The Morgan fingerprint density at radius 1 is 0.909 bits per heavy atom. The van der Waals surface area contributed by atoms with Gasteiger partial charge in [-0.2, -0.15) is 4.39 Å². The van der Waals surface area contributed by atoms with Gasteiger partial charge in [-0.1, -0.05) is 48.5 Å². The number of para-hydroxylation sites is 2. The lowest BCUT2D eigenvalue weighted by Crippen LogP contribution is -2.44. The van der Waals surface area contributed by atoms with Crippen LogP contribution in [0.4, 0.5) is 20.6 Å². The number of likely N-dealkylation sites (tertiary alicyclic amines) is 1. The van der Waals surface area contributed by atoms with Crippen molar-refractivity contribution in [2.24, 2.45) is 0 Å². The van der Waals surface area contributed by atoms with E-state index in [2.05, 4.69) is 10.6 Å². The molecule has 7 heteroatoms. The molecule has 2 amide bonds. The summed E-state index contributed by atoms with van der Waals surface area (Å²) in [7, 11) is 0. The molecule has 2 N–H and O–H groups in total. The fourth-order valence-electron chi connectivity index (χ4n) is 3.90. The van der Waals surface area contributed by atoms with E-state index >= 15 is 0 Å². The maximum Gasteiger partial charge on any atom is 0.323 e. The number of ether oxygens (including phenoxy) is 1. The predicted octanol–water partition coefficient (Wildman–Crippen LogP) is 5.24. The predicted molar refractivity (Wildman–Crippen MR) is 126 cm³/mol. The van der Waals surface area contributed by atoms with Crippen molar-refractivity contribution in [3.63, 3.8) is 0 Å². The molecule has 6 nitrogen and oxygen atoms in total. The summed E-state index contributed by atoms with van der Waals surface area (Å²) in [4.78, 5) is 26.5. The van der Waals surface area contributed by atoms with Gasteiger partial charge in [-0.25, -0.2) is 9.69 Å². The molecule has 1 aliphatic rings. The molecule has 1 saturated heterocycles. The molecular formula is C26H26FN3O3. The summed E-state index contributed by atoms with van der Waals surface area (Å²) >= 11 is 0. The van der Waals surface area contributed by atoms with Crippen molar-refractivity contribution >= 4 is 23.2 Å². The third-order valence-corrected chi connectivity index (χ3v) is 5.52. The van der Waals surface area contributed by atoms with E-state index in [-0.39, 0.29) is 18.2 Å². The van der Waals surface area contributed by atoms with Gasteiger partial charge in [0, 0.05) is 24.3 Å². The molecule has 33 heavy (non-hydrogen) atoms. The zero-order valence-electron chi connectivity index (χ0n) is 18.1. The quantitative estimate of drug-likeness (QED) is 0.464. The van der Waals surface area contributed by atoms with E-state index in [1.807, 2.05) is 24.3 Å². The van der Waals surface area contributed by atoms with Crippen molar-refractivity contribution < 1.29 is 18.7 Å². The first-order valence-corrected chi connectivity index (χ1v) is 10.9. The second-order valence-electron chi connectivity index (χ2n) is 7.90. The summed E-state index contributed by atoms with van der Waals surface area (Å²) in [6.07, 6.45) is 1.54. The van der Waals surface area contributed by atoms with Gasteiger partial charge < -0.3 is 15.4 Å². The Hall–Kier alpha value is -3.71. The largest absolute Gasteiger partial charge is 0.447 e. The Labute approximate surface area is 192 Å². The van der Waals surface area contributed by atoms with Crippen LogP contribution in [-0.4, -0.2) is 35.8 Å². The van der Waals surface area contributed by atoms with Gasteiger partial charge in [0.1, 0.15) is 5.75 Å². The first-order valence-electron chi connectivity index (χ1n) is 10.9. The number of carbonyl (C=O) groups is 2. The minimum absolute atomic E-state index is 0.0469. The maximum atomic E-state index is 14.8. The number of hydrogen-bond acceptors (Lipinski definition) is 4. The Balaban J connectivity index is 1.30. The van der Waals surface area contributed by atoms with E-state index in [1.165, 1.54) is 4.90 Å². The molecule has 170 valence electrons. The SMILES string of the molecule is O=C(Nc1ccccc1)Nc1ccc(CC(=O)[C@@H]2CCCN2[C@H](F)Oc2ccccc2)cc1. The molecule has 1 heterocycles. The number of benzene rings is 3. The first kappa shape index (κ1) is 22.5. The lowest BCUT2D eigenvalue weighted by Gasteiger charge is -2.27. The number of nitrogens with zero attached hydrogens (tertiary/aromatic N) is 1. The highest BCUT2D eigenvalue weighted by atomic mass is 19.1. The highest BCUT2D eigenvalue weighted by Gasteiger charge is 2.36. The van der Waals surface area contributed by atoms with Crippen molar-refractivity contribution in [3.05, 3.63) is 90.5 Å². The molecule has 0 unspecified atom stereocenters. The Kier molecular flexibility index (Phi) is 7.32. The Morgan fingerprint density at radius 3 is 2.18 bits per heavy atom. The van der Waals surface area contributed by atoms with Gasteiger partial charge in [0.25, 0.3) is 6.48 Å². The highest BCUT2D eigenvalue weighted by Crippen LogP contribution is 2.25. The van der Waals surface area contributed by atoms with Gasteiger partial charge in [0.15, 0.2) is 5.78 Å². The van der Waals surface area contributed by atoms with Gasteiger partial charge in [-0.15, -0.1) is 0 Å². The monoisotopic (exact) mass is 447 g/mol. The van der Waals surface area contributed by atoms with Crippen LogP contribution in [0.25, 0.3) is 0 Å². The smallest absolute Gasteiger partial charge is 0.323 e. The number of nitrogens with one attached hydrogen (secondary N) is 2. The van der Waals surface area contributed by atoms with E-state index in [4.69, 9.17) is 4.74 Å². The van der Waals surface area contributed by atoms with Gasteiger partial charge >= 0.3 is 6.03 Å². The minimum Gasteiger partial charge on any atom is -0.447 e. The number of alkyl halides is 1. The van der Waals surface area contributed by atoms with Gasteiger partial charge in [0.2, 0.25) is 0 Å². The summed E-state index contributed by atoms with van der Waals surface area (Å²) in [6.45, 7) is -1.19. The number of amides is 2. The number of halogens is 1. The summed E-state index contributed by atoms with van der Waals surface area (Å²) in [5.74, 6) is 0.386. The molecular weight excluding hydrogens is 421 g/mol. The fraction of sp³-hybridized carbons (Fsp3) is 0.231. The molecule has 2 atom stereocenters. The molecule has 0 bridgehead atoms. The average molecular weight is 448 g/mol. The van der Waals surface area contributed by atoms with Crippen LogP contribution in [-0.2, 0) is 11.2 Å². The normalized spacial score (nSPS) is 16.7. The number of Topliss-reactive ketones (excluding diaryl/α,β-unsaturated/α-hetero) is 1. The third kappa shape index (κ3) is 6.17. The number of rotatable bonds is 8. The molecule has 3 aromatic rings. The molecule has 0 aliphatic carbocycles. The van der Waals surface area contributed by atoms with Crippen LogP contribution in [0.15, 0.2) is 84.9 Å². The highest BCUT2D eigenvalue weighted by molar-refractivity contribution is 5.99. The van der Waals surface area contributed by atoms with E-state index in [0.717, 1.165) is 12.0 Å².